The molecule has 0 amide bonds. The van der Waals surface area contributed by atoms with E-state index in [4.69, 9.17) is 11.6 Å². The van der Waals surface area contributed by atoms with Crippen molar-refractivity contribution in [3.05, 3.63) is 48.3 Å². The van der Waals surface area contributed by atoms with Crippen molar-refractivity contribution in [2.75, 3.05) is 5.88 Å². The minimum absolute atomic E-state index is 0.0292. The van der Waals surface area contributed by atoms with E-state index in [1.165, 1.54) is 0 Å². The number of benzene rings is 1. The molecule has 0 aliphatic carbocycles. The van der Waals surface area contributed by atoms with Gasteiger partial charge in [-0.05, 0) is 18.2 Å². The maximum Gasteiger partial charge on any atom is 0.195 e. The summed E-state index contributed by atoms with van der Waals surface area (Å²) in [5.41, 5.74) is 1.37. The number of carbonyl (C=O) groups excluding carboxylic acids is 1. The molecule has 0 N–H and O–H groups in total. The summed E-state index contributed by atoms with van der Waals surface area (Å²) in [6.45, 7) is 0. The van der Waals surface area contributed by atoms with Crippen molar-refractivity contribution < 1.29 is 4.79 Å². The van der Waals surface area contributed by atoms with Crippen LogP contribution in [0, 0.1) is 0 Å². The van der Waals surface area contributed by atoms with Crippen LogP contribution in [0.2, 0.25) is 0 Å². The van der Waals surface area contributed by atoms with E-state index in [2.05, 4.69) is 5.10 Å². The highest BCUT2D eigenvalue weighted by Crippen LogP contribution is 2.10. The highest BCUT2D eigenvalue weighted by Gasteiger charge is 2.11. The van der Waals surface area contributed by atoms with Crippen LogP contribution in [0.3, 0.4) is 0 Å². The third-order valence-corrected chi connectivity index (χ3v) is 2.29. The van der Waals surface area contributed by atoms with E-state index in [1.807, 2.05) is 30.3 Å². The molecular weight excluding hydrogens is 212 g/mol. The normalized spacial score (nSPS) is 10.2. The van der Waals surface area contributed by atoms with Crippen LogP contribution in [0.4, 0.5) is 0 Å². The van der Waals surface area contributed by atoms with E-state index in [0.717, 1.165) is 5.69 Å². The first-order valence-electron chi connectivity index (χ1n) is 4.51. The second kappa shape index (κ2) is 4.28. The first-order chi connectivity index (χ1) is 7.33. The fourth-order valence-corrected chi connectivity index (χ4v) is 1.49. The summed E-state index contributed by atoms with van der Waals surface area (Å²) >= 11 is 5.51. The molecule has 3 nitrogen and oxygen atoms in total. The van der Waals surface area contributed by atoms with Crippen molar-refractivity contribution in [3.63, 3.8) is 0 Å². The lowest BCUT2D eigenvalue weighted by Crippen LogP contribution is -2.09. The van der Waals surface area contributed by atoms with E-state index in [-0.39, 0.29) is 11.7 Å². The summed E-state index contributed by atoms with van der Waals surface area (Å²) in [7, 11) is 0. The number of rotatable bonds is 3. The molecule has 4 heteroatoms. The van der Waals surface area contributed by atoms with Crippen LogP contribution in [0.1, 0.15) is 10.5 Å². The van der Waals surface area contributed by atoms with Gasteiger partial charge in [0.2, 0.25) is 0 Å². The molecule has 0 fully saturated rings. The average molecular weight is 221 g/mol. The van der Waals surface area contributed by atoms with Crippen LogP contribution in [-0.4, -0.2) is 21.4 Å². The van der Waals surface area contributed by atoms with E-state index < -0.39 is 0 Å². The molecule has 76 valence electrons. The topological polar surface area (TPSA) is 34.9 Å². The molecule has 0 saturated carbocycles. The number of Topliss-reactive ketones (excluding diaryl/α,β-unsaturated/α-hetero) is 1. The summed E-state index contributed by atoms with van der Waals surface area (Å²) in [4.78, 5) is 11.5. The molecule has 0 radical (unpaired) electrons. The van der Waals surface area contributed by atoms with E-state index >= 15 is 0 Å². The van der Waals surface area contributed by atoms with Gasteiger partial charge in [-0.2, -0.15) is 5.10 Å². The molecule has 1 aromatic carbocycles. The summed E-state index contributed by atoms with van der Waals surface area (Å²) in [5, 5.41) is 4.09. The zero-order valence-corrected chi connectivity index (χ0v) is 8.69. The molecule has 2 aromatic rings. The Labute approximate surface area is 92.3 Å². The van der Waals surface area contributed by atoms with Crippen LogP contribution in [-0.2, 0) is 0 Å². The smallest absolute Gasteiger partial charge is 0.195 e. The predicted octanol–water partition coefficient (Wildman–Crippen LogP) is 2.29. The predicted molar refractivity (Wildman–Crippen MR) is 58.6 cm³/mol. The van der Waals surface area contributed by atoms with Gasteiger partial charge in [0, 0.05) is 0 Å². The van der Waals surface area contributed by atoms with Crippen molar-refractivity contribution in [2.24, 2.45) is 0 Å². The Bertz CT molecular complexity index is 464. The molecule has 0 aliphatic rings. The largest absolute Gasteiger partial charge is 0.291 e. The SMILES string of the molecule is O=C(CCl)c1ccnn1-c1ccccc1. The Morgan fingerprint density at radius 1 is 1.27 bits per heavy atom. The van der Waals surface area contributed by atoms with Crippen LogP contribution in [0.25, 0.3) is 5.69 Å². The quantitative estimate of drug-likeness (QED) is 0.588. The maximum atomic E-state index is 11.5. The number of hydrogen-bond acceptors (Lipinski definition) is 2. The minimum Gasteiger partial charge on any atom is -0.291 e. The number of hydrogen-bond donors (Lipinski definition) is 0. The van der Waals surface area contributed by atoms with Crippen LogP contribution in [0.5, 0.6) is 0 Å². The molecule has 0 atom stereocenters. The number of aromatic nitrogens is 2. The summed E-state index contributed by atoms with van der Waals surface area (Å²) in [6.07, 6.45) is 1.59. The fourth-order valence-electron chi connectivity index (χ4n) is 1.36. The molecule has 1 aromatic heterocycles. The van der Waals surface area contributed by atoms with Gasteiger partial charge < -0.3 is 0 Å². The molecule has 0 unspecified atom stereocenters. The Kier molecular flexibility index (Phi) is 2.83. The van der Waals surface area contributed by atoms with Crippen molar-refractivity contribution in [1.29, 1.82) is 0 Å². The number of para-hydroxylation sites is 1. The number of halogens is 1. The Hall–Kier alpha value is -1.61. The Morgan fingerprint density at radius 3 is 2.67 bits per heavy atom. The standard InChI is InChI=1S/C11H9ClN2O/c12-8-11(15)10-6-7-13-14(10)9-4-2-1-3-5-9/h1-7H,8H2. The van der Waals surface area contributed by atoms with Crippen molar-refractivity contribution in [2.45, 2.75) is 0 Å². The minimum atomic E-state index is -0.127. The molecule has 0 spiro atoms. The van der Waals surface area contributed by atoms with Gasteiger partial charge in [-0.15, -0.1) is 11.6 Å². The fraction of sp³-hybridized carbons (Fsp3) is 0.0909. The van der Waals surface area contributed by atoms with E-state index in [0.29, 0.717) is 5.69 Å². The van der Waals surface area contributed by atoms with Gasteiger partial charge in [-0.25, -0.2) is 4.68 Å². The van der Waals surface area contributed by atoms with Crippen LogP contribution >= 0.6 is 11.6 Å². The zero-order valence-electron chi connectivity index (χ0n) is 7.93. The van der Waals surface area contributed by atoms with Gasteiger partial charge in [-0.3, -0.25) is 4.79 Å². The van der Waals surface area contributed by atoms with Crippen LogP contribution in [0.15, 0.2) is 42.6 Å². The summed E-state index contributed by atoms with van der Waals surface area (Å²) in [5.74, 6) is -0.156. The molecular formula is C11H9ClN2O. The number of ketones is 1. The van der Waals surface area contributed by atoms with Gasteiger partial charge >= 0.3 is 0 Å². The first kappa shape index (κ1) is 9.93. The lowest BCUT2D eigenvalue weighted by atomic mass is 10.3. The lowest BCUT2D eigenvalue weighted by molar-refractivity contribution is 0.101. The zero-order chi connectivity index (χ0) is 10.7. The van der Waals surface area contributed by atoms with Gasteiger partial charge in [0.25, 0.3) is 0 Å². The molecule has 1 heterocycles. The van der Waals surface area contributed by atoms with Crippen molar-refractivity contribution in [3.8, 4) is 5.69 Å². The molecule has 0 saturated heterocycles. The van der Waals surface area contributed by atoms with Crippen molar-refractivity contribution in [1.82, 2.24) is 9.78 Å². The average Bonchev–Trinajstić information content (AvgIpc) is 2.78. The van der Waals surface area contributed by atoms with E-state index in [1.54, 1.807) is 16.9 Å². The monoisotopic (exact) mass is 220 g/mol. The van der Waals surface area contributed by atoms with Gasteiger partial charge in [0.15, 0.2) is 5.78 Å². The van der Waals surface area contributed by atoms with Gasteiger partial charge in [0.1, 0.15) is 5.69 Å². The Balaban J connectivity index is 2.46. The molecule has 2 rings (SSSR count). The van der Waals surface area contributed by atoms with Gasteiger partial charge in [-0.1, -0.05) is 18.2 Å². The lowest BCUT2D eigenvalue weighted by Gasteiger charge is -2.04. The Morgan fingerprint density at radius 2 is 2.00 bits per heavy atom. The summed E-state index contributed by atoms with van der Waals surface area (Å²) < 4.78 is 1.59. The highest BCUT2D eigenvalue weighted by atomic mass is 35.5. The second-order valence-electron chi connectivity index (χ2n) is 3.02. The third kappa shape index (κ3) is 1.92. The first-order valence-corrected chi connectivity index (χ1v) is 5.05. The number of nitrogens with zero attached hydrogens (tertiary/aromatic N) is 2. The summed E-state index contributed by atoms with van der Waals surface area (Å²) in [6, 6.07) is 11.1. The maximum absolute atomic E-state index is 11.5. The van der Waals surface area contributed by atoms with E-state index in [9.17, 15) is 4.79 Å². The second-order valence-corrected chi connectivity index (χ2v) is 3.29. The molecule has 15 heavy (non-hydrogen) atoms. The van der Waals surface area contributed by atoms with Gasteiger partial charge in [0.05, 0.1) is 17.8 Å². The van der Waals surface area contributed by atoms with Crippen LogP contribution < -0.4 is 0 Å². The highest BCUT2D eigenvalue weighted by molar-refractivity contribution is 6.30. The number of alkyl halides is 1. The molecule has 0 aliphatic heterocycles. The molecule has 0 bridgehead atoms. The third-order valence-electron chi connectivity index (χ3n) is 2.05. The number of carbonyl (C=O) groups is 1. The van der Waals surface area contributed by atoms with Crippen molar-refractivity contribution >= 4 is 17.4 Å².